The second-order valence-electron chi connectivity index (χ2n) is 8.41. The van der Waals surface area contributed by atoms with Crippen LogP contribution in [0.25, 0.3) is 11.1 Å². The quantitative estimate of drug-likeness (QED) is 0.262. The summed E-state index contributed by atoms with van der Waals surface area (Å²) in [5, 5.41) is 0. The summed E-state index contributed by atoms with van der Waals surface area (Å²) in [7, 11) is 0. The molecule has 0 aliphatic rings. The lowest BCUT2D eigenvalue weighted by molar-refractivity contribution is 0.610. The average Bonchev–Trinajstić information content (AvgIpc) is 2.84. The summed E-state index contributed by atoms with van der Waals surface area (Å²) in [6.07, 6.45) is 18.5. The molecule has 3 rings (SSSR count). The van der Waals surface area contributed by atoms with Gasteiger partial charge in [-0.25, -0.2) is 4.39 Å². The van der Waals surface area contributed by atoms with Gasteiger partial charge >= 0.3 is 0 Å². The smallest absolute Gasteiger partial charge is 0.127 e. The van der Waals surface area contributed by atoms with E-state index in [1.807, 2.05) is 25.1 Å². The highest BCUT2D eigenvalue weighted by atomic mass is 19.1. The Balaban J connectivity index is 1.50. The van der Waals surface area contributed by atoms with Crippen LogP contribution in [-0.4, -0.2) is 0 Å². The van der Waals surface area contributed by atoms with E-state index < -0.39 is 0 Å². The van der Waals surface area contributed by atoms with Crippen LogP contribution in [0.15, 0.2) is 103 Å². The average molecular weight is 439 g/mol. The lowest BCUT2D eigenvalue weighted by Gasteiger charge is -2.07. The fourth-order valence-electron chi connectivity index (χ4n) is 3.87. The molecule has 0 N–H and O–H groups in total. The summed E-state index contributed by atoms with van der Waals surface area (Å²) in [5.41, 5.74) is 6.76. The van der Waals surface area contributed by atoms with Crippen LogP contribution in [0, 0.1) is 5.82 Å². The molecule has 0 bridgehead atoms. The zero-order chi connectivity index (χ0) is 23.3. The molecule has 0 fully saturated rings. The monoisotopic (exact) mass is 438 g/mol. The number of hydrogen-bond donors (Lipinski definition) is 0. The number of aryl methyl sites for hydroxylation is 2. The van der Waals surface area contributed by atoms with Crippen molar-refractivity contribution in [2.45, 2.75) is 52.4 Å². The van der Waals surface area contributed by atoms with Gasteiger partial charge in [0.25, 0.3) is 0 Å². The van der Waals surface area contributed by atoms with Crippen molar-refractivity contribution in [2.75, 3.05) is 0 Å². The maximum absolute atomic E-state index is 14.4. The summed E-state index contributed by atoms with van der Waals surface area (Å²) >= 11 is 0. The van der Waals surface area contributed by atoms with Crippen molar-refractivity contribution in [3.8, 4) is 11.1 Å². The first-order valence-electron chi connectivity index (χ1n) is 12.0. The van der Waals surface area contributed by atoms with Crippen LogP contribution < -0.4 is 0 Å². The summed E-state index contributed by atoms with van der Waals surface area (Å²) < 4.78 is 14.4. The molecular weight excluding hydrogens is 403 g/mol. The molecule has 0 atom stereocenters. The van der Waals surface area contributed by atoms with Gasteiger partial charge in [0.15, 0.2) is 0 Å². The summed E-state index contributed by atoms with van der Waals surface area (Å²) in [6, 6.07) is 23.0. The number of halogens is 1. The molecule has 0 saturated heterocycles. The fraction of sp³-hybridized carbons (Fsp3) is 0.250. The molecule has 1 heteroatoms. The first kappa shape index (κ1) is 24.5. The van der Waals surface area contributed by atoms with Gasteiger partial charge in [-0.1, -0.05) is 97.1 Å². The van der Waals surface area contributed by atoms with Gasteiger partial charge < -0.3 is 0 Å². The first-order chi connectivity index (χ1) is 16.2. The fourth-order valence-corrected chi connectivity index (χ4v) is 3.87. The molecule has 0 aliphatic heterocycles. The van der Waals surface area contributed by atoms with Gasteiger partial charge in [-0.3, -0.25) is 0 Å². The van der Waals surface area contributed by atoms with Crippen molar-refractivity contribution in [3.63, 3.8) is 0 Å². The van der Waals surface area contributed by atoms with Gasteiger partial charge in [0, 0.05) is 0 Å². The lowest BCUT2D eigenvalue weighted by Crippen LogP contribution is -1.91. The molecule has 0 aliphatic carbocycles. The lowest BCUT2D eigenvalue weighted by atomic mass is 9.99. The van der Waals surface area contributed by atoms with Gasteiger partial charge in [0.05, 0.1) is 0 Å². The van der Waals surface area contributed by atoms with E-state index >= 15 is 0 Å². The summed E-state index contributed by atoms with van der Waals surface area (Å²) in [6.45, 7) is 4.06. The van der Waals surface area contributed by atoms with Crippen LogP contribution in [0.4, 0.5) is 4.39 Å². The Morgan fingerprint density at radius 2 is 1.09 bits per heavy atom. The highest BCUT2D eigenvalue weighted by Crippen LogP contribution is 2.23. The molecular formula is C32H35F. The standard InChI is InChI=1S/C32H35F/c1-3-5-7-11-26-15-17-27(18-16-26)12-9-10-13-28-19-21-29(22-20-28)31-24-23-30(32(33)25-31)14-8-6-4-2/h3-6,9-10,15-25H,7-8,11-14H2,1-2H3/b5-3+,6-4+,10-9+. The summed E-state index contributed by atoms with van der Waals surface area (Å²) in [5.74, 6) is -0.116. The molecule has 0 unspecified atom stereocenters. The minimum Gasteiger partial charge on any atom is -0.207 e. The molecule has 0 heterocycles. The minimum absolute atomic E-state index is 0.116. The Kier molecular flexibility index (Phi) is 9.91. The third-order valence-electron chi connectivity index (χ3n) is 5.89. The van der Waals surface area contributed by atoms with Crippen LogP contribution in [0.3, 0.4) is 0 Å². The van der Waals surface area contributed by atoms with Gasteiger partial charge in [-0.2, -0.15) is 0 Å². The van der Waals surface area contributed by atoms with Gasteiger partial charge in [0.2, 0.25) is 0 Å². The number of benzene rings is 3. The molecule has 3 aromatic rings. The second kappa shape index (κ2) is 13.4. The number of rotatable bonds is 11. The van der Waals surface area contributed by atoms with Gasteiger partial charge in [-0.15, -0.1) is 0 Å². The molecule has 0 aromatic heterocycles. The van der Waals surface area contributed by atoms with Crippen LogP contribution in [-0.2, 0) is 25.7 Å². The van der Waals surface area contributed by atoms with E-state index in [0.717, 1.165) is 55.2 Å². The van der Waals surface area contributed by atoms with E-state index in [2.05, 4.69) is 85.8 Å². The third kappa shape index (κ3) is 8.02. The number of allylic oxidation sites excluding steroid dienone is 6. The van der Waals surface area contributed by atoms with Crippen LogP contribution in [0.5, 0.6) is 0 Å². The third-order valence-corrected chi connectivity index (χ3v) is 5.89. The predicted octanol–water partition coefficient (Wildman–Crippen LogP) is 8.85. The largest absolute Gasteiger partial charge is 0.207 e. The van der Waals surface area contributed by atoms with Crippen molar-refractivity contribution in [2.24, 2.45) is 0 Å². The zero-order valence-electron chi connectivity index (χ0n) is 19.9. The minimum atomic E-state index is -0.116. The van der Waals surface area contributed by atoms with Crippen LogP contribution in [0.2, 0.25) is 0 Å². The van der Waals surface area contributed by atoms with Crippen LogP contribution >= 0.6 is 0 Å². The van der Waals surface area contributed by atoms with Crippen molar-refractivity contribution in [1.82, 2.24) is 0 Å². The Morgan fingerprint density at radius 3 is 1.67 bits per heavy atom. The molecule has 33 heavy (non-hydrogen) atoms. The van der Waals surface area contributed by atoms with Crippen molar-refractivity contribution >= 4 is 0 Å². The molecule has 0 amide bonds. The zero-order valence-corrected chi connectivity index (χ0v) is 19.9. The first-order valence-corrected chi connectivity index (χ1v) is 12.0. The Labute approximate surface area is 199 Å². The van der Waals surface area contributed by atoms with E-state index in [9.17, 15) is 4.39 Å². The van der Waals surface area contributed by atoms with Crippen LogP contribution in [0.1, 0.15) is 48.9 Å². The van der Waals surface area contributed by atoms with Crippen molar-refractivity contribution < 1.29 is 4.39 Å². The maximum Gasteiger partial charge on any atom is 0.127 e. The van der Waals surface area contributed by atoms with E-state index in [1.165, 1.54) is 16.7 Å². The highest BCUT2D eigenvalue weighted by Gasteiger charge is 2.05. The second-order valence-corrected chi connectivity index (χ2v) is 8.41. The predicted molar refractivity (Wildman–Crippen MR) is 141 cm³/mol. The molecule has 0 nitrogen and oxygen atoms in total. The maximum atomic E-state index is 14.4. The number of hydrogen-bond acceptors (Lipinski definition) is 0. The van der Waals surface area contributed by atoms with Gasteiger partial charge in [0.1, 0.15) is 5.82 Å². The topological polar surface area (TPSA) is 0 Å². The van der Waals surface area contributed by atoms with Crippen molar-refractivity contribution in [3.05, 3.63) is 131 Å². The Hall–Kier alpha value is -3.19. The van der Waals surface area contributed by atoms with E-state index in [-0.39, 0.29) is 5.82 Å². The highest BCUT2D eigenvalue weighted by molar-refractivity contribution is 5.64. The van der Waals surface area contributed by atoms with Crippen molar-refractivity contribution in [1.29, 1.82) is 0 Å². The van der Waals surface area contributed by atoms with E-state index in [4.69, 9.17) is 0 Å². The molecule has 0 spiro atoms. The van der Waals surface area contributed by atoms with E-state index in [0.29, 0.717) is 0 Å². The molecule has 0 saturated carbocycles. The molecule has 170 valence electrons. The van der Waals surface area contributed by atoms with E-state index in [1.54, 1.807) is 6.07 Å². The summed E-state index contributed by atoms with van der Waals surface area (Å²) in [4.78, 5) is 0. The normalized spacial score (nSPS) is 11.8. The Morgan fingerprint density at radius 1 is 0.576 bits per heavy atom. The SMILES string of the molecule is C/C=C/CCc1ccc(C/C=C/Cc2ccc(-c3ccc(CC/C=C/C)c(F)c3)cc2)cc1. The molecule has 0 radical (unpaired) electrons. The molecule has 3 aromatic carbocycles. The van der Waals surface area contributed by atoms with Gasteiger partial charge in [-0.05, 0) is 91.8 Å². The Bertz CT molecular complexity index is 1070.